The molecule has 0 aliphatic heterocycles. The van der Waals surface area contributed by atoms with E-state index in [0.29, 0.717) is 17.2 Å². The zero-order valence-corrected chi connectivity index (χ0v) is 15.8. The third-order valence-corrected chi connectivity index (χ3v) is 4.11. The number of carbonyl (C=O) groups is 1. The van der Waals surface area contributed by atoms with Crippen molar-refractivity contribution in [2.75, 3.05) is 14.2 Å². The van der Waals surface area contributed by atoms with Crippen molar-refractivity contribution in [2.24, 2.45) is 5.10 Å². The van der Waals surface area contributed by atoms with Crippen LogP contribution in [0.2, 0.25) is 0 Å². The van der Waals surface area contributed by atoms with Crippen LogP contribution in [0.15, 0.2) is 78.2 Å². The van der Waals surface area contributed by atoms with Gasteiger partial charge in [0.1, 0.15) is 0 Å². The predicted molar refractivity (Wildman–Crippen MR) is 108 cm³/mol. The summed E-state index contributed by atoms with van der Waals surface area (Å²) in [7, 11) is 3.13. The van der Waals surface area contributed by atoms with Crippen LogP contribution < -0.4 is 14.9 Å². The molecule has 0 aliphatic carbocycles. The Labute approximate surface area is 163 Å². The second-order valence-electron chi connectivity index (χ2n) is 5.96. The molecule has 3 rings (SSSR count). The summed E-state index contributed by atoms with van der Waals surface area (Å²) in [6, 6.07) is 18.8. The maximum Gasteiger partial charge on any atom is 0.244 e. The van der Waals surface area contributed by atoms with E-state index in [0.717, 1.165) is 16.7 Å². The molecule has 0 atom stereocenters. The quantitative estimate of drug-likeness (QED) is 0.508. The number of pyridine rings is 1. The number of nitrogens with zero attached hydrogens (tertiary/aromatic N) is 2. The SMILES string of the molecule is COc1ccc(CC(=O)N/N=C(\c2ccccc2)c2ccncc2)cc1OC. The lowest BCUT2D eigenvalue weighted by molar-refractivity contribution is -0.120. The summed E-state index contributed by atoms with van der Waals surface area (Å²) in [5.41, 5.74) is 5.89. The molecule has 0 unspecified atom stereocenters. The number of hydrazone groups is 1. The minimum Gasteiger partial charge on any atom is -0.493 e. The van der Waals surface area contributed by atoms with E-state index in [9.17, 15) is 4.79 Å². The van der Waals surface area contributed by atoms with Gasteiger partial charge in [-0.3, -0.25) is 9.78 Å². The first-order valence-corrected chi connectivity index (χ1v) is 8.74. The van der Waals surface area contributed by atoms with Crippen LogP contribution in [0.1, 0.15) is 16.7 Å². The van der Waals surface area contributed by atoms with Gasteiger partial charge in [0.05, 0.1) is 26.4 Å². The highest BCUT2D eigenvalue weighted by molar-refractivity contribution is 6.13. The maximum absolute atomic E-state index is 12.4. The lowest BCUT2D eigenvalue weighted by atomic mass is 10.0. The number of nitrogens with one attached hydrogen (secondary N) is 1. The Morgan fingerprint density at radius 1 is 0.929 bits per heavy atom. The minimum absolute atomic E-state index is 0.169. The van der Waals surface area contributed by atoms with Crippen LogP contribution in [-0.4, -0.2) is 30.8 Å². The summed E-state index contributed by atoms with van der Waals surface area (Å²) >= 11 is 0. The minimum atomic E-state index is -0.227. The molecule has 1 N–H and O–H groups in total. The van der Waals surface area contributed by atoms with Gasteiger partial charge in [0.2, 0.25) is 5.91 Å². The van der Waals surface area contributed by atoms with Crippen LogP contribution in [0.4, 0.5) is 0 Å². The highest BCUT2D eigenvalue weighted by atomic mass is 16.5. The maximum atomic E-state index is 12.4. The van der Waals surface area contributed by atoms with Gasteiger partial charge < -0.3 is 9.47 Å². The molecule has 0 bridgehead atoms. The van der Waals surface area contributed by atoms with Gasteiger partial charge in [-0.2, -0.15) is 5.10 Å². The molecule has 6 nitrogen and oxygen atoms in total. The Kier molecular flexibility index (Phi) is 6.36. The van der Waals surface area contributed by atoms with Crippen molar-refractivity contribution in [3.8, 4) is 11.5 Å². The Morgan fingerprint density at radius 3 is 2.29 bits per heavy atom. The van der Waals surface area contributed by atoms with Crippen LogP contribution in [0.3, 0.4) is 0 Å². The fraction of sp³-hybridized carbons (Fsp3) is 0.136. The van der Waals surface area contributed by atoms with E-state index in [1.807, 2.05) is 48.5 Å². The number of carbonyl (C=O) groups excluding carboxylic acids is 1. The molecule has 142 valence electrons. The van der Waals surface area contributed by atoms with E-state index >= 15 is 0 Å². The fourth-order valence-corrected chi connectivity index (χ4v) is 2.74. The lowest BCUT2D eigenvalue weighted by Crippen LogP contribution is -2.22. The second kappa shape index (κ2) is 9.32. The van der Waals surface area contributed by atoms with Crippen molar-refractivity contribution < 1.29 is 14.3 Å². The highest BCUT2D eigenvalue weighted by Gasteiger charge is 2.10. The second-order valence-corrected chi connectivity index (χ2v) is 5.96. The zero-order valence-electron chi connectivity index (χ0n) is 15.8. The number of hydrogen-bond donors (Lipinski definition) is 1. The number of benzene rings is 2. The molecule has 0 fully saturated rings. The van der Waals surface area contributed by atoms with Gasteiger partial charge in [-0.15, -0.1) is 0 Å². The summed E-state index contributed by atoms with van der Waals surface area (Å²) in [4.78, 5) is 16.5. The third-order valence-electron chi connectivity index (χ3n) is 4.11. The average Bonchev–Trinajstić information content (AvgIpc) is 2.75. The van der Waals surface area contributed by atoms with Gasteiger partial charge >= 0.3 is 0 Å². The van der Waals surface area contributed by atoms with Gasteiger partial charge in [-0.1, -0.05) is 36.4 Å². The summed E-state index contributed by atoms with van der Waals surface area (Å²) < 4.78 is 10.5. The third kappa shape index (κ3) is 4.73. The van der Waals surface area contributed by atoms with Crippen molar-refractivity contribution in [2.45, 2.75) is 6.42 Å². The van der Waals surface area contributed by atoms with Crippen molar-refractivity contribution in [3.05, 3.63) is 89.7 Å². The van der Waals surface area contributed by atoms with Crippen molar-refractivity contribution in [1.29, 1.82) is 0 Å². The zero-order chi connectivity index (χ0) is 19.8. The molecule has 3 aromatic rings. The topological polar surface area (TPSA) is 72.8 Å². The number of ether oxygens (including phenoxy) is 2. The first-order valence-electron chi connectivity index (χ1n) is 8.74. The van der Waals surface area contributed by atoms with Crippen LogP contribution in [0.5, 0.6) is 11.5 Å². The summed E-state index contributed by atoms with van der Waals surface area (Å²) in [6.07, 6.45) is 3.56. The predicted octanol–water partition coefficient (Wildman–Crippen LogP) is 3.21. The van der Waals surface area contributed by atoms with Crippen LogP contribution in [-0.2, 0) is 11.2 Å². The Balaban J connectivity index is 1.78. The van der Waals surface area contributed by atoms with Gasteiger partial charge in [0.25, 0.3) is 0 Å². The van der Waals surface area contributed by atoms with Gasteiger partial charge in [0, 0.05) is 23.5 Å². The number of aromatic nitrogens is 1. The molecule has 0 aliphatic rings. The Bertz CT molecular complexity index is 916. The number of amides is 1. The number of hydrogen-bond acceptors (Lipinski definition) is 5. The van der Waals surface area contributed by atoms with E-state index < -0.39 is 0 Å². The van der Waals surface area contributed by atoms with E-state index in [-0.39, 0.29) is 12.3 Å². The largest absolute Gasteiger partial charge is 0.493 e. The van der Waals surface area contributed by atoms with E-state index in [1.165, 1.54) is 0 Å². The van der Waals surface area contributed by atoms with Crippen molar-refractivity contribution >= 4 is 11.6 Å². The molecular formula is C22H21N3O3. The molecule has 28 heavy (non-hydrogen) atoms. The molecule has 0 radical (unpaired) electrons. The Morgan fingerprint density at radius 2 is 1.61 bits per heavy atom. The molecule has 1 heterocycles. The smallest absolute Gasteiger partial charge is 0.244 e. The molecule has 2 aromatic carbocycles. The number of methoxy groups -OCH3 is 2. The standard InChI is InChI=1S/C22H21N3O3/c1-27-19-9-8-16(14-20(19)28-2)15-21(26)24-25-22(17-6-4-3-5-7-17)18-10-12-23-13-11-18/h3-14H,15H2,1-2H3,(H,24,26)/b25-22+. The lowest BCUT2D eigenvalue weighted by Gasteiger charge is -2.10. The van der Waals surface area contributed by atoms with Crippen molar-refractivity contribution in [1.82, 2.24) is 10.4 Å². The van der Waals surface area contributed by atoms with Crippen LogP contribution in [0, 0.1) is 0 Å². The normalized spacial score (nSPS) is 11.0. The van der Waals surface area contributed by atoms with Gasteiger partial charge in [-0.25, -0.2) is 5.43 Å². The van der Waals surface area contributed by atoms with Gasteiger partial charge in [0.15, 0.2) is 11.5 Å². The van der Waals surface area contributed by atoms with E-state index in [4.69, 9.17) is 9.47 Å². The molecule has 1 amide bonds. The highest BCUT2D eigenvalue weighted by Crippen LogP contribution is 2.27. The summed E-state index contributed by atoms with van der Waals surface area (Å²) in [5.74, 6) is 0.974. The van der Waals surface area contributed by atoms with Crippen LogP contribution in [0.25, 0.3) is 0 Å². The molecule has 0 saturated heterocycles. The van der Waals surface area contributed by atoms with E-state index in [2.05, 4.69) is 15.5 Å². The molecule has 0 saturated carbocycles. The first kappa shape index (κ1) is 19.1. The average molecular weight is 375 g/mol. The molecule has 0 spiro atoms. The summed E-state index contributed by atoms with van der Waals surface area (Å²) in [5, 5.41) is 4.37. The first-order chi connectivity index (χ1) is 13.7. The van der Waals surface area contributed by atoms with Crippen molar-refractivity contribution in [3.63, 3.8) is 0 Å². The molecule has 6 heteroatoms. The summed E-state index contributed by atoms with van der Waals surface area (Å²) in [6.45, 7) is 0. The van der Waals surface area contributed by atoms with E-state index in [1.54, 1.807) is 38.7 Å². The fourth-order valence-electron chi connectivity index (χ4n) is 2.74. The van der Waals surface area contributed by atoms with Gasteiger partial charge in [-0.05, 0) is 29.8 Å². The Hall–Kier alpha value is -3.67. The molecule has 1 aromatic heterocycles. The monoisotopic (exact) mass is 375 g/mol. The molecular weight excluding hydrogens is 354 g/mol. The van der Waals surface area contributed by atoms with Crippen LogP contribution >= 0.6 is 0 Å². The number of rotatable bonds is 7.